The first-order valence-corrected chi connectivity index (χ1v) is 4.34. The van der Waals surface area contributed by atoms with Crippen LogP contribution in [0.1, 0.15) is 17.9 Å². The first-order valence-electron chi connectivity index (χ1n) is 4.34. The van der Waals surface area contributed by atoms with Crippen LogP contribution in [0.5, 0.6) is 0 Å². The van der Waals surface area contributed by atoms with Gasteiger partial charge in [0.2, 0.25) is 0 Å². The maximum Gasteiger partial charge on any atom is 0.185 e. The molecular weight excluding hydrogens is 162 g/mol. The van der Waals surface area contributed by atoms with E-state index in [0.717, 1.165) is 12.0 Å². The molecule has 0 spiro atoms. The van der Waals surface area contributed by atoms with Crippen LogP contribution in [0, 0.1) is 0 Å². The third-order valence-corrected chi connectivity index (χ3v) is 2.38. The zero-order valence-corrected chi connectivity index (χ0v) is 7.23. The number of Topliss-reactive ketones (excluding diaryl/α,β-unsaturated/α-hetero) is 1. The van der Waals surface area contributed by atoms with Crippen molar-refractivity contribution in [2.24, 2.45) is 5.73 Å². The lowest BCUT2D eigenvalue weighted by molar-refractivity contribution is -0.116. The molecule has 66 valence electrons. The summed E-state index contributed by atoms with van der Waals surface area (Å²) >= 11 is 0. The number of rotatable bonds is 1. The van der Waals surface area contributed by atoms with Crippen molar-refractivity contribution in [3.8, 4) is 0 Å². The quantitative estimate of drug-likeness (QED) is 0.700. The van der Waals surface area contributed by atoms with Crippen molar-refractivity contribution in [1.29, 1.82) is 0 Å². The fourth-order valence-electron chi connectivity index (χ4n) is 1.63. The average Bonchev–Trinajstić information content (AvgIpc) is 2.49. The van der Waals surface area contributed by atoms with Gasteiger partial charge >= 0.3 is 0 Å². The van der Waals surface area contributed by atoms with Gasteiger partial charge in [0.25, 0.3) is 0 Å². The first-order chi connectivity index (χ1) is 6.29. The smallest absolute Gasteiger partial charge is 0.185 e. The van der Waals surface area contributed by atoms with E-state index < -0.39 is 0 Å². The number of hydrogen-bond acceptors (Lipinski definition) is 2. The Morgan fingerprint density at radius 2 is 1.92 bits per heavy atom. The van der Waals surface area contributed by atoms with Crippen LogP contribution in [0.15, 0.2) is 42.1 Å². The fraction of sp³-hybridized carbons (Fsp3) is 0.182. The fourth-order valence-corrected chi connectivity index (χ4v) is 1.63. The second kappa shape index (κ2) is 3.05. The highest BCUT2D eigenvalue weighted by atomic mass is 16.1. The molecule has 0 amide bonds. The Balaban J connectivity index is 2.27. The molecule has 1 aromatic carbocycles. The van der Waals surface area contributed by atoms with E-state index in [0.29, 0.717) is 5.70 Å². The molecule has 2 heteroatoms. The van der Waals surface area contributed by atoms with Crippen LogP contribution in [0.3, 0.4) is 0 Å². The van der Waals surface area contributed by atoms with E-state index in [1.54, 1.807) is 6.08 Å². The number of hydrogen-bond donors (Lipinski definition) is 1. The summed E-state index contributed by atoms with van der Waals surface area (Å²) in [5, 5.41) is 0. The Labute approximate surface area is 77.1 Å². The Morgan fingerprint density at radius 3 is 2.46 bits per heavy atom. The van der Waals surface area contributed by atoms with E-state index in [1.165, 1.54) is 0 Å². The van der Waals surface area contributed by atoms with Crippen LogP contribution < -0.4 is 5.73 Å². The van der Waals surface area contributed by atoms with Crippen LogP contribution in [-0.2, 0) is 4.79 Å². The van der Waals surface area contributed by atoms with Crippen molar-refractivity contribution in [2.75, 3.05) is 0 Å². The first kappa shape index (κ1) is 8.05. The Morgan fingerprint density at radius 1 is 1.23 bits per heavy atom. The largest absolute Gasteiger partial charge is 0.396 e. The standard InChI is InChI=1S/C11H11NO/c12-10-7-6-9(11(10)13)8-4-2-1-3-5-8/h1-5,7,9H,6,12H2. The molecule has 2 N–H and O–H groups in total. The van der Waals surface area contributed by atoms with Crippen molar-refractivity contribution < 1.29 is 4.79 Å². The normalized spacial score (nSPS) is 21.7. The predicted molar refractivity (Wildman–Crippen MR) is 51.1 cm³/mol. The second-order valence-electron chi connectivity index (χ2n) is 3.22. The number of nitrogens with two attached hydrogens (primary N) is 1. The molecule has 2 nitrogen and oxygen atoms in total. The zero-order chi connectivity index (χ0) is 9.26. The summed E-state index contributed by atoms with van der Waals surface area (Å²) in [5.74, 6) is 0.0207. The molecule has 0 saturated carbocycles. The van der Waals surface area contributed by atoms with Crippen LogP contribution >= 0.6 is 0 Å². The van der Waals surface area contributed by atoms with Gasteiger partial charge in [-0.15, -0.1) is 0 Å². The average molecular weight is 173 g/mol. The summed E-state index contributed by atoms with van der Waals surface area (Å²) in [5.41, 5.74) is 6.99. The summed E-state index contributed by atoms with van der Waals surface area (Å²) in [7, 11) is 0. The maximum absolute atomic E-state index is 11.5. The lowest BCUT2D eigenvalue weighted by atomic mass is 9.96. The van der Waals surface area contributed by atoms with Gasteiger partial charge in [0.05, 0.1) is 11.6 Å². The Kier molecular flexibility index (Phi) is 1.89. The van der Waals surface area contributed by atoms with Gasteiger partial charge in [-0.3, -0.25) is 4.79 Å². The summed E-state index contributed by atoms with van der Waals surface area (Å²) < 4.78 is 0. The van der Waals surface area contributed by atoms with E-state index >= 15 is 0 Å². The molecule has 0 aromatic heterocycles. The number of benzene rings is 1. The molecule has 1 aromatic rings. The lowest BCUT2D eigenvalue weighted by Gasteiger charge is -2.07. The SMILES string of the molecule is NC1=CCC(c2ccccc2)C1=O. The van der Waals surface area contributed by atoms with Crippen molar-refractivity contribution in [3.05, 3.63) is 47.7 Å². The van der Waals surface area contributed by atoms with Gasteiger partial charge in [-0.2, -0.15) is 0 Å². The Hall–Kier alpha value is -1.57. The van der Waals surface area contributed by atoms with Gasteiger partial charge in [0.15, 0.2) is 5.78 Å². The molecule has 1 unspecified atom stereocenters. The van der Waals surface area contributed by atoms with Gasteiger partial charge in [0.1, 0.15) is 0 Å². The van der Waals surface area contributed by atoms with Gasteiger partial charge in [-0.1, -0.05) is 36.4 Å². The lowest BCUT2D eigenvalue weighted by Crippen LogP contribution is -2.13. The molecule has 0 fully saturated rings. The molecule has 1 aliphatic rings. The maximum atomic E-state index is 11.5. The summed E-state index contributed by atoms with van der Waals surface area (Å²) in [6.45, 7) is 0. The van der Waals surface area contributed by atoms with E-state index in [2.05, 4.69) is 0 Å². The molecule has 1 atom stereocenters. The van der Waals surface area contributed by atoms with E-state index in [9.17, 15) is 4.79 Å². The molecule has 0 saturated heterocycles. The molecule has 1 aliphatic carbocycles. The number of allylic oxidation sites excluding steroid dienone is 2. The van der Waals surface area contributed by atoms with E-state index in [4.69, 9.17) is 5.73 Å². The number of carbonyl (C=O) groups excluding carboxylic acids is 1. The van der Waals surface area contributed by atoms with Crippen molar-refractivity contribution in [1.82, 2.24) is 0 Å². The van der Waals surface area contributed by atoms with E-state index in [-0.39, 0.29) is 11.7 Å². The monoisotopic (exact) mass is 173 g/mol. The summed E-state index contributed by atoms with van der Waals surface area (Å²) in [6, 6.07) is 9.76. The van der Waals surface area contributed by atoms with Gasteiger partial charge in [0, 0.05) is 0 Å². The number of carbonyl (C=O) groups is 1. The molecule has 0 bridgehead atoms. The van der Waals surface area contributed by atoms with Crippen molar-refractivity contribution in [3.63, 3.8) is 0 Å². The molecule has 0 radical (unpaired) electrons. The van der Waals surface area contributed by atoms with Crippen LogP contribution in [0.2, 0.25) is 0 Å². The van der Waals surface area contributed by atoms with Gasteiger partial charge in [-0.05, 0) is 12.0 Å². The molecule has 0 aliphatic heterocycles. The molecule has 2 rings (SSSR count). The summed E-state index contributed by atoms with van der Waals surface area (Å²) in [4.78, 5) is 11.5. The van der Waals surface area contributed by atoms with Crippen molar-refractivity contribution >= 4 is 5.78 Å². The zero-order valence-electron chi connectivity index (χ0n) is 7.23. The third kappa shape index (κ3) is 1.35. The topological polar surface area (TPSA) is 43.1 Å². The highest BCUT2D eigenvalue weighted by molar-refractivity contribution is 6.01. The molecular formula is C11H11NO. The second-order valence-corrected chi connectivity index (χ2v) is 3.22. The highest BCUT2D eigenvalue weighted by Crippen LogP contribution is 2.28. The van der Waals surface area contributed by atoms with Crippen LogP contribution in [-0.4, -0.2) is 5.78 Å². The minimum atomic E-state index is -0.0406. The minimum Gasteiger partial charge on any atom is -0.396 e. The molecule has 0 heterocycles. The highest BCUT2D eigenvalue weighted by Gasteiger charge is 2.26. The predicted octanol–water partition coefficient (Wildman–Crippen LogP) is 1.59. The minimum absolute atomic E-state index is 0.0406. The number of ketones is 1. The summed E-state index contributed by atoms with van der Waals surface area (Å²) in [6.07, 6.45) is 2.55. The van der Waals surface area contributed by atoms with Crippen LogP contribution in [0.25, 0.3) is 0 Å². The third-order valence-electron chi connectivity index (χ3n) is 2.38. The van der Waals surface area contributed by atoms with Crippen molar-refractivity contribution in [2.45, 2.75) is 12.3 Å². The molecule has 13 heavy (non-hydrogen) atoms. The van der Waals surface area contributed by atoms with Crippen LogP contribution in [0.4, 0.5) is 0 Å². The Bertz CT molecular complexity index is 354. The van der Waals surface area contributed by atoms with Gasteiger partial charge in [-0.25, -0.2) is 0 Å². The van der Waals surface area contributed by atoms with E-state index in [1.807, 2.05) is 30.3 Å². The van der Waals surface area contributed by atoms with Gasteiger partial charge < -0.3 is 5.73 Å².